The summed E-state index contributed by atoms with van der Waals surface area (Å²) in [7, 11) is 0. The van der Waals surface area contributed by atoms with Gasteiger partial charge in [0.2, 0.25) is 11.9 Å². The number of thiazole rings is 1. The van der Waals surface area contributed by atoms with Crippen LogP contribution in [0.1, 0.15) is 17.1 Å². The molecule has 1 aliphatic rings. The molecule has 170 valence electrons. The van der Waals surface area contributed by atoms with E-state index in [0.29, 0.717) is 24.9 Å². The molecular formula is C22H25N9OS. The van der Waals surface area contributed by atoms with Gasteiger partial charge in [-0.05, 0) is 18.6 Å². The third kappa shape index (κ3) is 5.00. The summed E-state index contributed by atoms with van der Waals surface area (Å²) >= 11 is 1.47. The number of para-hydroxylation sites is 1. The van der Waals surface area contributed by atoms with Crippen molar-refractivity contribution in [2.24, 2.45) is 0 Å². The molecule has 0 spiro atoms. The fourth-order valence-electron chi connectivity index (χ4n) is 3.90. The van der Waals surface area contributed by atoms with E-state index in [1.54, 1.807) is 16.7 Å². The molecule has 33 heavy (non-hydrogen) atoms. The number of hydrogen-bond donors (Lipinski definition) is 2. The van der Waals surface area contributed by atoms with Crippen molar-refractivity contribution >= 4 is 33.9 Å². The molecule has 11 heteroatoms. The second-order valence-electron chi connectivity index (χ2n) is 8.07. The van der Waals surface area contributed by atoms with Crippen LogP contribution in [-0.2, 0) is 13.1 Å². The number of aromatic nitrogens is 5. The third-order valence-electron chi connectivity index (χ3n) is 5.66. The molecule has 0 aliphatic carbocycles. The Morgan fingerprint density at radius 3 is 2.58 bits per heavy atom. The largest absolute Gasteiger partial charge is 0.368 e. The van der Waals surface area contributed by atoms with Crippen LogP contribution in [0, 0.1) is 6.92 Å². The third-order valence-corrected chi connectivity index (χ3v) is 6.42. The molecule has 10 nitrogen and oxygen atoms in total. The maximum Gasteiger partial charge on any atom is 0.258 e. The number of piperazine rings is 1. The second kappa shape index (κ2) is 9.22. The van der Waals surface area contributed by atoms with Crippen molar-refractivity contribution in [3.63, 3.8) is 0 Å². The molecule has 0 atom stereocenters. The van der Waals surface area contributed by atoms with Gasteiger partial charge in [0.15, 0.2) is 4.96 Å². The van der Waals surface area contributed by atoms with Crippen molar-refractivity contribution in [2.75, 3.05) is 37.2 Å². The second-order valence-corrected chi connectivity index (χ2v) is 8.94. The molecule has 4 heterocycles. The number of aryl methyl sites for hydroxylation is 1. The van der Waals surface area contributed by atoms with E-state index >= 15 is 0 Å². The number of fused-ring (bicyclic) bond motifs is 1. The minimum absolute atomic E-state index is 0.0302. The van der Waals surface area contributed by atoms with Gasteiger partial charge in [-0.3, -0.25) is 19.0 Å². The Hall–Kier alpha value is -3.41. The molecule has 0 saturated carbocycles. The van der Waals surface area contributed by atoms with Gasteiger partial charge in [-0.2, -0.15) is 15.0 Å². The predicted molar refractivity (Wildman–Crippen MR) is 129 cm³/mol. The molecule has 0 amide bonds. The van der Waals surface area contributed by atoms with Gasteiger partial charge < -0.3 is 11.1 Å². The summed E-state index contributed by atoms with van der Waals surface area (Å²) in [6.45, 7) is 6.78. The summed E-state index contributed by atoms with van der Waals surface area (Å²) in [6.07, 6.45) is 1.76. The molecule has 1 aliphatic heterocycles. The summed E-state index contributed by atoms with van der Waals surface area (Å²) < 4.78 is 1.58. The van der Waals surface area contributed by atoms with Crippen molar-refractivity contribution in [1.29, 1.82) is 0 Å². The first-order valence-electron chi connectivity index (χ1n) is 10.8. The molecule has 1 aromatic carbocycles. The number of nitrogen functional groups attached to an aromatic ring is 1. The van der Waals surface area contributed by atoms with E-state index in [0.717, 1.165) is 48.1 Å². The lowest BCUT2D eigenvalue weighted by atomic mass is 10.2. The van der Waals surface area contributed by atoms with Crippen LogP contribution in [0.15, 0.2) is 46.7 Å². The van der Waals surface area contributed by atoms with Crippen LogP contribution in [-0.4, -0.2) is 60.3 Å². The highest BCUT2D eigenvalue weighted by atomic mass is 32.1. The van der Waals surface area contributed by atoms with Gasteiger partial charge in [-0.15, -0.1) is 11.3 Å². The van der Waals surface area contributed by atoms with Gasteiger partial charge in [-0.1, -0.05) is 18.2 Å². The minimum atomic E-state index is -0.0302. The van der Waals surface area contributed by atoms with E-state index in [2.05, 4.69) is 35.1 Å². The van der Waals surface area contributed by atoms with E-state index in [1.165, 1.54) is 11.3 Å². The average molecular weight is 464 g/mol. The number of nitrogens with two attached hydrogens (primary N) is 1. The first kappa shape index (κ1) is 21.4. The fourth-order valence-corrected chi connectivity index (χ4v) is 4.64. The zero-order valence-electron chi connectivity index (χ0n) is 18.3. The van der Waals surface area contributed by atoms with Crippen molar-refractivity contribution in [3.8, 4) is 0 Å². The number of hydrogen-bond acceptors (Lipinski definition) is 10. The topological polar surface area (TPSA) is 118 Å². The molecule has 3 N–H and O–H groups in total. The Morgan fingerprint density at radius 1 is 1.03 bits per heavy atom. The van der Waals surface area contributed by atoms with Gasteiger partial charge >= 0.3 is 0 Å². The van der Waals surface area contributed by atoms with Gasteiger partial charge in [0.25, 0.3) is 5.56 Å². The maximum absolute atomic E-state index is 12.2. The maximum atomic E-state index is 12.2. The van der Waals surface area contributed by atoms with E-state index < -0.39 is 0 Å². The molecule has 3 aromatic heterocycles. The van der Waals surface area contributed by atoms with Gasteiger partial charge in [0.1, 0.15) is 5.82 Å². The normalized spacial score (nSPS) is 15.2. The van der Waals surface area contributed by atoms with Crippen molar-refractivity contribution in [3.05, 3.63) is 69.3 Å². The van der Waals surface area contributed by atoms with Crippen LogP contribution in [0.5, 0.6) is 0 Å². The number of benzene rings is 1. The van der Waals surface area contributed by atoms with Gasteiger partial charge in [0.05, 0.1) is 12.2 Å². The lowest BCUT2D eigenvalue weighted by Gasteiger charge is -2.34. The first-order valence-corrected chi connectivity index (χ1v) is 11.6. The van der Waals surface area contributed by atoms with E-state index in [9.17, 15) is 4.79 Å². The molecule has 1 saturated heterocycles. The Balaban J connectivity index is 1.20. The van der Waals surface area contributed by atoms with Crippen molar-refractivity contribution < 1.29 is 0 Å². The number of nitrogens with zero attached hydrogens (tertiary/aromatic N) is 7. The Bertz CT molecular complexity index is 1330. The lowest BCUT2D eigenvalue weighted by molar-refractivity contribution is 0.119. The molecule has 5 rings (SSSR count). The van der Waals surface area contributed by atoms with E-state index in [4.69, 9.17) is 5.73 Å². The lowest BCUT2D eigenvalue weighted by Crippen LogP contribution is -2.45. The van der Waals surface area contributed by atoms with E-state index in [-0.39, 0.29) is 11.5 Å². The van der Waals surface area contributed by atoms with E-state index in [1.807, 2.05) is 36.6 Å². The van der Waals surface area contributed by atoms with Gasteiger partial charge in [0, 0.05) is 56.1 Å². The Kier molecular flexibility index (Phi) is 5.99. The SMILES string of the molecule is Cc1ccccc1Nc1nc(N)nc(CN2CCN(Cc3cc(=O)n4ccsc4n3)CC2)n1. The Labute approximate surface area is 194 Å². The summed E-state index contributed by atoms with van der Waals surface area (Å²) in [6, 6.07) is 9.59. The first-order chi connectivity index (χ1) is 16.0. The summed E-state index contributed by atoms with van der Waals surface area (Å²) in [4.78, 5) is 35.3. The zero-order chi connectivity index (χ0) is 22.8. The monoisotopic (exact) mass is 463 g/mol. The quantitative estimate of drug-likeness (QED) is 0.442. The standard InChI is InChI=1S/C22H25N9OS/c1-15-4-2-3-5-17(15)25-21-27-18(26-20(23)28-21)14-30-8-6-29(7-9-30)13-16-12-19(32)31-10-11-33-22(31)24-16/h2-5,10-12H,6-9,13-14H2,1H3,(H3,23,25,26,27,28). The fraction of sp³-hybridized carbons (Fsp3) is 0.318. The van der Waals surface area contributed by atoms with Crippen LogP contribution < -0.4 is 16.6 Å². The highest BCUT2D eigenvalue weighted by Gasteiger charge is 2.19. The van der Waals surface area contributed by atoms with Crippen LogP contribution in [0.2, 0.25) is 0 Å². The minimum Gasteiger partial charge on any atom is -0.368 e. The number of anilines is 3. The predicted octanol–water partition coefficient (Wildman–Crippen LogP) is 1.89. The van der Waals surface area contributed by atoms with Crippen LogP contribution in [0.3, 0.4) is 0 Å². The zero-order valence-corrected chi connectivity index (χ0v) is 19.1. The Morgan fingerprint density at radius 2 is 1.79 bits per heavy atom. The molecule has 0 radical (unpaired) electrons. The number of nitrogens with one attached hydrogen (secondary N) is 1. The van der Waals surface area contributed by atoms with Crippen LogP contribution >= 0.6 is 11.3 Å². The molecule has 0 bridgehead atoms. The molecule has 0 unspecified atom stereocenters. The van der Waals surface area contributed by atoms with Gasteiger partial charge in [-0.25, -0.2) is 4.98 Å². The van der Waals surface area contributed by atoms with Crippen LogP contribution in [0.4, 0.5) is 17.6 Å². The summed E-state index contributed by atoms with van der Waals surface area (Å²) in [5, 5.41) is 5.12. The number of rotatable bonds is 6. The smallest absolute Gasteiger partial charge is 0.258 e. The van der Waals surface area contributed by atoms with Crippen molar-refractivity contribution in [1.82, 2.24) is 34.1 Å². The molecule has 4 aromatic rings. The highest BCUT2D eigenvalue weighted by molar-refractivity contribution is 7.15. The average Bonchev–Trinajstić information content (AvgIpc) is 3.26. The van der Waals surface area contributed by atoms with Crippen LogP contribution in [0.25, 0.3) is 4.96 Å². The van der Waals surface area contributed by atoms with Crippen molar-refractivity contribution in [2.45, 2.75) is 20.0 Å². The highest BCUT2D eigenvalue weighted by Crippen LogP contribution is 2.18. The summed E-state index contributed by atoms with van der Waals surface area (Å²) in [5.41, 5.74) is 8.77. The summed E-state index contributed by atoms with van der Waals surface area (Å²) in [5.74, 6) is 1.30. The molecule has 1 fully saturated rings. The molecular weight excluding hydrogens is 438 g/mol.